The van der Waals surface area contributed by atoms with Crippen LogP contribution in [-0.4, -0.2) is 30.2 Å². The van der Waals surface area contributed by atoms with Crippen LogP contribution in [0.2, 0.25) is 5.02 Å². The number of rotatable bonds is 5. The zero-order chi connectivity index (χ0) is 20.7. The maximum absolute atomic E-state index is 12.2. The van der Waals surface area contributed by atoms with Gasteiger partial charge in [0, 0.05) is 16.4 Å². The van der Waals surface area contributed by atoms with Gasteiger partial charge in [0.15, 0.2) is 6.61 Å². The van der Waals surface area contributed by atoms with Gasteiger partial charge in [-0.2, -0.15) is 0 Å². The molecule has 0 aliphatic rings. The van der Waals surface area contributed by atoms with Gasteiger partial charge in [0.25, 0.3) is 5.91 Å². The van der Waals surface area contributed by atoms with Gasteiger partial charge in [-0.25, -0.2) is 9.59 Å². The monoisotopic (exact) mass is 404 g/mol. The Kier molecular flexibility index (Phi) is 7.00. The fourth-order valence-electron chi connectivity index (χ4n) is 2.12. The summed E-state index contributed by atoms with van der Waals surface area (Å²) in [5.74, 6) is -1.20. The molecule has 0 aliphatic heterocycles. The number of benzene rings is 2. The van der Waals surface area contributed by atoms with E-state index in [1.54, 1.807) is 57.2 Å². The van der Waals surface area contributed by atoms with Crippen LogP contribution in [0.5, 0.6) is 0 Å². The van der Waals surface area contributed by atoms with Crippen molar-refractivity contribution in [3.63, 3.8) is 0 Å². The number of amides is 2. The Hall–Kier alpha value is -3.06. The molecule has 0 bridgehead atoms. The van der Waals surface area contributed by atoms with Gasteiger partial charge in [-0.15, -0.1) is 0 Å². The minimum atomic E-state index is -0.700. The van der Waals surface area contributed by atoms with E-state index in [0.29, 0.717) is 16.4 Å². The lowest BCUT2D eigenvalue weighted by atomic mass is 10.2. The third kappa shape index (κ3) is 7.28. The van der Waals surface area contributed by atoms with Crippen molar-refractivity contribution in [1.82, 2.24) is 0 Å². The third-order valence-corrected chi connectivity index (χ3v) is 3.42. The SMILES string of the molecule is CC(C)(C)OC(=O)Nc1cccc(C(=O)OCC(=O)Nc2cccc(Cl)c2)c1. The highest BCUT2D eigenvalue weighted by atomic mass is 35.5. The molecule has 28 heavy (non-hydrogen) atoms. The topological polar surface area (TPSA) is 93.7 Å². The van der Waals surface area contributed by atoms with Gasteiger partial charge in [-0.3, -0.25) is 10.1 Å². The predicted molar refractivity (Wildman–Crippen MR) is 107 cm³/mol. The molecular weight excluding hydrogens is 384 g/mol. The first-order valence-electron chi connectivity index (χ1n) is 8.45. The van der Waals surface area contributed by atoms with Crippen LogP contribution in [0.3, 0.4) is 0 Å². The number of nitrogens with one attached hydrogen (secondary N) is 2. The Morgan fingerprint density at radius 3 is 2.25 bits per heavy atom. The van der Waals surface area contributed by atoms with Crippen LogP contribution < -0.4 is 10.6 Å². The number of ether oxygens (including phenoxy) is 2. The lowest BCUT2D eigenvalue weighted by Gasteiger charge is -2.19. The Balaban J connectivity index is 1.90. The Labute approximate surface area is 168 Å². The molecule has 0 unspecified atom stereocenters. The van der Waals surface area contributed by atoms with Crippen LogP contribution in [0.4, 0.5) is 16.2 Å². The molecule has 7 nitrogen and oxygen atoms in total. The van der Waals surface area contributed by atoms with E-state index in [4.69, 9.17) is 21.1 Å². The molecule has 0 spiro atoms. The summed E-state index contributed by atoms with van der Waals surface area (Å²) in [6, 6.07) is 12.7. The second-order valence-corrected chi connectivity index (χ2v) is 7.28. The van der Waals surface area contributed by atoms with Gasteiger partial charge >= 0.3 is 12.1 Å². The van der Waals surface area contributed by atoms with Gasteiger partial charge in [0.05, 0.1) is 5.56 Å². The molecule has 0 aromatic heterocycles. The van der Waals surface area contributed by atoms with Crippen molar-refractivity contribution >= 4 is 40.9 Å². The molecule has 0 atom stereocenters. The molecule has 148 valence electrons. The zero-order valence-electron chi connectivity index (χ0n) is 15.7. The van der Waals surface area contributed by atoms with Crippen molar-refractivity contribution in [2.75, 3.05) is 17.2 Å². The van der Waals surface area contributed by atoms with E-state index in [-0.39, 0.29) is 5.56 Å². The van der Waals surface area contributed by atoms with Crippen LogP contribution in [0.1, 0.15) is 31.1 Å². The highest BCUT2D eigenvalue weighted by Crippen LogP contribution is 2.16. The van der Waals surface area contributed by atoms with Gasteiger partial charge in [-0.1, -0.05) is 23.7 Å². The van der Waals surface area contributed by atoms with Crippen LogP contribution in [0.15, 0.2) is 48.5 Å². The highest BCUT2D eigenvalue weighted by molar-refractivity contribution is 6.30. The lowest BCUT2D eigenvalue weighted by molar-refractivity contribution is -0.119. The first-order valence-corrected chi connectivity index (χ1v) is 8.83. The van der Waals surface area contributed by atoms with Crippen molar-refractivity contribution in [3.05, 3.63) is 59.1 Å². The van der Waals surface area contributed by atoms with Crippen molar-refractivity contribution in [3.8, 4) is 0 Å². The molecule has 0 fully saturated rings. The number of anilines is 2. The molecule has 0 saturated carbocycles. The average molecular weight is 405 g/mol. The Morgan fingerprint density at radius 1 is 0.964 bits per heavy atom. The van der Waals surface area contributed by atoms with Crippen molar-refractivity contribution in [2.24, 2.45) is 0 Å². The standard InChI is InChI=1S/C20H21ClN2O5/c1-20(2,3)28-19(26)23-15-8-4-6-13(10-15)18(25)27-12-17(24)22-16-9-5-7-14(21)11-16/h4-11H,12H2,1-3H3,(H,22,24)(H,23,26). The molecule has 2 aromatic rings. The van der Waals surface area contributed by atoms with Crippen LogP contribution >= 0.6 is 11.6 Å². The molecule has 2 rings (SSSR count). The second kappa shape index (κ2) is 9.23. The van der Waals surface area contributed by atoms with Crippen LogP contribution in [0.25, 0.3) is 0 Å². The zero-order valence-corrected chi connectivity index (χ0v) is 16.5. The predicted octanol–water partition coefficient (Wildman–Crippen LogP) is 4.48. The van der Waals surface area contributed by atoms with Crippen LogP contribution in [-0.2, 0) is 14.3 Å². The minimum absolute atomic E-state index is 0.184. The summed E-state index contributed by atoms with van der Waals surface area (Å²) in [7, 11) is 0. The van der Waals surface area contributed by atoms with E-state index in [0.717, 1.165) is 0 Å². The Morgan fingerprint density at radius 2 is 1.61 bits per heavy atom. The van der Waals surface area contributed by atoms with Gasteiger partial charge < -0.3 is 14.8 Å². The average Bonchev–Trinajstić information content (AvgIpc) is 2.58. The first-order chi connectivity index (χ1) is 13.1. The number of carbonyl (C=O) groups excluding carboxylic acids is 3. The van der Waals surface area contributed by atoms with Crippen molar-refractivity contribution < 1.29 is 23.9 Å². The third-order valence-electron chi connectivity index (χ3n) is 3.19. The van der Waals surface area contributed by atoms with Gasteiger partial charge in [-0.05, 0) is 57.2 Å². The summed E-state index contributed by atoms with van der Waals surface area (Å²) in [5.41, 5.74) is 0.407. The summed E-state index contributed by atoms with van der Waals surface area (Å²) in [6.07, 6.45) is -0.640. The van der Waals surface area contributed by atoms with E-state index < -0.39 is 30.2 Å². The maximum atomic E-state index is 12.2. The minimum Gasteiger partial charge on any atom is -0.452 e. The maximum Gasteiger partial charge on any atom is 0.412 e. The molecule has 0 radical (unpaired) electrons. The molecule has 0 saturated heterocycles. The quantitative estimate of drug-likeness (QED) is 0.716. The molecule has 2 amide bonds. The summed E-state index contributed by atoms with van der Waals surface area (Å²) in [6.45, 7) is 4.77. The fourth-order valence-corrected chi connectivity index (χ4v) is 2.31. The van der Waals surface area contributed by atoms with Crippen LogP contribution in [0, 0.1) is 0 Å². The number of hydrogen-bond acceptors (Lipinski definition) is 5. The lowest BCUT2D eigenvalue weighted by Crippen LogP contribution is -2.27. The molecule has 8 heteroatoms. The number of hydrogen-bond donors (Lipinski definition) is 2. The van der Waals surface area contributed by atoms with Crippen molar-refractivity contribution in [2.45, 2.75) is 26.4 Å². The number of carbonyl (C=O) groups is 3. The molecule has 0 heterocycles. The fraction of sp³-hybridized carbons (Fsp3) is 0.250. The highest BCUT2D eigenvalue weighted by Gasteiger charge is 2.17. The molecule has 0 aliphatic carbocycles. The number of halogens is 1. The summed E-state index contributed by atoms with van der Waals surface area (Å²) in [4.78, 5) is 35.9. The van der Waals surface area contributed by atoms with Gasteiger partial charge in [0.2, 0.25) is 0 Å². The second-order valence-electron chi connectivity index (χ2n) is 6.84. The molecule has 2 aromatic carbocycles. The summed E-state index contributed by atoms with van der Waals surface area (Å²) < 4.78 is 10.2. The summed E-state index contributed by atoms with van der Waals surface area (Å²) >= 11 is 5.85. The summed E-state index contributed by atoms with van der Waals surface area (Å²) in [5, 5.41) is 5.59. The normalized spacial score (nSPS) is 10.7. The largest absolute Gasteiger partial charge is 0.452 e. The first kappa shape index (κ1) is 21.2. The Bertz CT molecular complexity index is 877. The van der Waals surface area contributed by atoms with E-state index in [9.17, 15) is 14.4 Å². The van der Waals surface area contributed by atoms with E-state index in [1.807, 2.05) is 0 Å². The van der Waals surface area contributed by atoms with E-state index >= 15 is 0 Å². The smallest absolute Gasteiger partial charge is 0.412 e. The van der Waals surface area contributed by atoms with Crippen molar-refractivity contribution in [1.29, 1.82) is 0 Å². The molecule has 2 N–H and O–H groups in total. The van der Waals surface area contributed by atoms with E-state index in [1.165, 1.54) is 12.1 Å². The van der Waals surface area contributed by atoms with E-state index in [2.05, 4.69) is 10.6 Å². The molecular formula is C20H21ClN2O5. The number of esters is 1. The van der Waals surface area contributed by atoms with Gasteiger partial charge in [0.1, 0.15) is 5.60 Å².